The normalized spacial score (nSPS) is 26.7. The topological polar surface area (TPSA) is 444 Å². The Kier molecular flexibility index (Phi) is 38.4. The second kappa shape index (κ2) is 46.4. The molecule has 3 aliphatic carbocycles. The number of rotatable bonds is 30. The SMILES string of the molecule is C.CCCC[C@H]1CN(C(=O)C(CC)Cc2ccccc2)C[C@@]1(N)C(=O)O.CCCC[C@H]1CN(C(=O)C(N)Cc2ccc(C(F)(F)F)cc2)C[C@@]1(N)C(=O)O.CCCC[C@H]1CN(C(=O)C2CCCC2)C[C@@]1(N)C(=O)O.CCCC[C@H]1CN(C(=O)C2CCc3cc(Cl)ccc3C2)C[C@@]1(N)C(=O)O.CCCC[C@H]1CN(C(=O)C2CCc3ccccc3C2)C[C@@]1(N)C(=O)O. The number of alkyl halides is 3. The number of likely N-dealkylation sites (tertiary alicyclic amines) is 5. The predicted octanol–water partition coefficient (Wildman–Crippen LogP) is 12.0. The van der Waals surface area contributed by atoms with E-state index in [1.165, 1.54) is 33.7 Å². The van der Waals surface area contributed by atoms with E-state index in [9.17, 15) is 86.6 Å². The van der Waals surface area contributed by atoms with Crippen LogP contribution in [0.5, 0.6) is 0 Å². The van der Waals surface area contributed by atoms with Gasteiger partial charge in [-0.05, 0) is 160 Å². The molecule has 0 radical (unpaired) electrons. The van der Waals surface area contributed by atoms with Gasteiger partial charge in [-0.2, -0.15) is 13.2 Å². The van der Waals surface area contributed by atoms with Crippen LogP contribution in [0, 0.1) is 53.3 Å². The zero-order chi connectivity index (χ0) is 91.2. The summed E-state index contributed by atoms with van der Waals surface area (Å²) in [7, 11) is 0. The second-order valence-corrected chi connectivity index (χ2v) is 36.8. The van der Waals surface area contributed by atoms with Gasteiger partial charge in [0.25, 0.3) is 0 Å². The average molecular weight is 1770 g/mol. The third kappa shape index (κ3) is 25.9. The Morgan fingerprint density at radius 1 is 0.416 bits per heavy atom. The van der Waals surface area contributed by atoms with Crippen LogP contribution in [0.3, 0.4) is 0 Å². The first-order valence-electron chi connectivity index (χ1n) is 45.0. The number of nitrogens with two attached hydrogens (primary N) is 6. The molecule has 14 atom stereocenters. The van der Waals surface area contributed by atoms with E-state index >= 15 is 0 Å². The molecule has 1 saturated carbocycles. The lowest BCUT2D eigenvalue weighted by atomic mass is 9.83. The Labute approximate surface area is 741 Å². The number of aliphatic carboxylic acids is 5. The lowest BCUT2D eigenvalue weighted by Crippen LogP contribution is -2.55. The summed E-state index contributed by atoms with van der Waals surface area (Å²) in [6.07, 6.45) is 19.0. The molecule has 5 aliphatic heterocycles. The van der Waals surface area contributed by atoms with Crippen LogP contribution >= 0.6 is 11.6 Å². The van der Waals surface area contributed by atoms with Gasteiger partial charge in [0.05, 0.1) is 11.6 Å². The molecule has 30 heteroatoms. The first-order chi connectivity index (χ1) is 58.7. The Morgan fingerprint density at radius 3 is 1.11 bits per heavy atom. The van der Waals surface area contributed by atoms with E-state index in [1.807, 2.05) is 74.5 Å². The zero-order valence-electron chi connectivity index (χ0n) is 73.4. The fourth-order valence-corrected chi connectivity index (χ4v) is 19.7. The summed E-state index contributed by atoms with van der Waals surface area (Å²) in [5.74, 6) is -6.51. The number of halogens is 4. The van der Waals surface area contributed by atoms with Gasteiger partial charge in [-0.15, -0.1) is 0 Å². The number of carboxylic acid groups (broad SMARTS) is 5. The highest BCUT2D eigenvalue weighted by Crippen LogP contribution is 2.41. The molecule has 17 N–H and O–H groups in total. The van der Waals surface area contributed by atoms with Crippen molar-refractivity contribution in [3.63, 3.8) is 0 Å². The summed E-state index contributed by atoms with van der Waals surface area (Å²) < 4.78 is 37.9. The van der Waals surface area contributed by atoms with Gasteiger partial charge >= 0.3 is 36.0 Å². The van der Waals surface area contributed by atoms with E-state index in [2.05, 4.69) is 39.8 Å². The van der Waals surface area contributed by atoms with Crippen molar-refractivity contribution in [1.82, 2.24) is 24.5 Å². The van der Waals surface area contributed by atoms with Gasteiger partial charge in [0, 0.05) is 124 Å². The van der Waals surface area contributed by atoms with Gasteiger partial charge in [0.15, 0.2) is 0 Å². The van der Waals surface area contributed by atoms with Crippen molar-refractivity contribution in [1.29, 1.82) is 0 Å². The zero-order valence-corrected chi connectivity index (χ0v) is 74.2. The number of amides is 5. The van der Waals surface area contributed by atoms with Crippen LogP contribution < -0.4 is 34.4 Å². The standard InChI is InChI=1S/C20H27ClN2O3.C20H28N2O3.C20H30N2O3.C19H26F3N3O3.C15H26N2O3.CH4/c1-2-3-4-16-11-23(12-20(16,22)19(25)26)18(24)15-6-5-14-10-17(21)8-7-13(14)9-15;1-2-3-8-17-12-22(13-20(17,21)19(24)25)18(23)16-10-9-14-6-4-5-7-15(14)11-16;1-3-5-11-17-13-22(14-20(17,21)19(24)25)18(23)16(4-2)12-15-9-7-6-8-10-15;1-2-3-4-14-10-25(11-18(14,24)17(27)28)16(26)15(23)9-12-5-7-13(8-6-12)19(20,21)22;1-2-3-8-12-9-17(10-15(12,16)14(19)20)13(18)11-6-4-5-7-11;/h7-8,10,15-16H,2-6,9,11-12,22H2,1H3,(H,25,26);4-7,16-17H,2-3,8-13,21H2,1H3,(H,24,25);6-10,16-17H,3-5,11-14,21H2,1-2H3,(H,24,25);5-8,14-15H,2-4,9-11,23-24H2,1H3,(H,27,28);11-12H,2-10,16H2,1H3,(H,19,20);1H4/t15?,16-,20-;2*16?,17-,20-;14-,15?,18-;12-,15-;/m00000./s1. The summed E-state index contributed by atoms with van der Waals surface area (Å²) in [5.41, 5.74) is 35.9. The van der Waals surface area contributed by atoms with Crippen LogP contribution in [0.15, 0.2) is 97.1 Å². The summed E-state index contributed by atoms with van der Waals surface area (Å²) in [6, 6.07) is 27.5. The second-order valence-electron chi connectivity index (χ2n) is 36.4. The van der Waals surface area contributed by atoms with Crippen molar-refractivity contribution in [3.8, 4) is 0 Å². The largest absolute Gasteiger partial charge is 0.480 e. The molecule has 0 spiro atoms. The first kappa shape index (κ1) is 103. The van der Waals surface area contributed by atoms with Crippen LogP contribution in [-0.4, -0.2) is 209 Å². The Bertz CT molecular complexity index is 4220. The molecule has 6 fully saturated rings. The summed E-state index contributed by atoms with van der Waals surface area (Å²) >= 11 is 6.05. The summed E-state index contributed by atoms with van der Waals surface area (Å²) in [5, 5.41) is 48.6. The Balaban J connectivity index is 0.000000215. The van der Waals surface area contributed by atoms with E-state index in [1.54, 1.807) is 19.6 Å². The van der Waals surface area contributed by atoms with E-state index in [0.717, 1.165) is 182 Å². The molecule has 5 heterocycles. The fraction of sp³-hybridized carbons (Fsp3) is 0.642. The van der Waals surface area contributed by atoms with Crippen LogP contribution in [0.4, 0.5) is 13.2 Å². The fourth-order valence-electron chi connectivity index (χ4n) is 19.5. The van der Waals surface area contributed by atoms with Crippen molar-refractivity contribution in [2.75, 3.05) is 65.4 Å². The maximum Gasteiger partial charge on any atom is 0.416 e. The number of unbranched alkanes of at least 4 members (excludes halogenated alkanes) is 5. The minimum Gasteiger partial charge on any atom is -0.480 e. The molecule has 5 saturated heterocycles. The molecular weight excluding hydrogens is 1630 g/mol. The Morgan fingerprint density at radius 2 is 0.744 bits per heavy atom. The predicted molar refractivity (Wildman–Crippen MR) is 475 cm³/mol. The number of carbonyl (C=O) groups is 10. The smallest absolute Gasteiger partial charge is 0.416 e. The van der Waals surface area contributed by atoms with Crippen LogP contribution in [0.1, 0.15) is 229 Å². The molecule has 0 bridgehead atoms. The highest BCUT2D eigenvalue weighted by Gasteiger charge is 2.56. The number of hydrogen-bond donors (Lipinski definition) is 11. The van der Waals surface area contributed by atoms with Crippen molar-refractivity contribution < 1.29 is 86.6 Å². The molecule has 0 aromatic heterocycles. The maximum atomic E-state index is 13.1. The number of carboxylic acids is 5. The molecule has 694 valence electrons. The van der Waals surface area contributed by atoms with Gasteiger partial charge in [-0.25, -0.2) is 0 Å². The Hall–Kier alpha value is -8.58. The summed E-state index contributed by atoms with van der Waals surface area (Å²) in [6.45, 7) is 14.8. The number of aryl methyl sites for hydroxylation is 2. The maximum absolute atomic E-state index is 13.1. The molecule has 5 amide bonds. The number of nitrogens with zero attached hydrogens (tertiary/aromatic N) is 5. The van der Waals surface area contributed by atoms with Gasteiger partial charge in [0.2, 0.25) is 29.5 Å². The minimum absolute atomic E-state index is 0. The first-order valence-corrected chi connectivity index (χ1v) is 45.4. The number of fused-ring (bicyclic) bond motifs is 2. The highest BCUT2D eigenvalue weighted by molar-refractivity contribution is 6.30. The van der Waals surface area contributed by atoms with Crippen molar-refractivity contribution in [2.24, 2.45) is 87.7 Å². The molecule has 8 aliphatic rings. The van der Waals surface area contributed by atoms with E-state index in [0.29, 0.717) is 51.0 Å². The van der Waals surface area contributed by atoms with Crippen molar-refractivity contribution in [2.45, 2.75) is 269 Å². The molecule has 4 aromatic carbocycles. The molecule has 12 rings (SSSR count). The molecule has 4 aromatic rings. The highest BCUT2D eigenvalue weighted by atomic mass is 35.5. The number of benzene rings is 4. The number of carbonyl (C=O) groups excluding carboxylic acids is 5. The quantitative estimate of drug-likeness (QED) is 0.0231. The van der Waals surface area contributed by atoms with Crippen LogP contribution in [-0.2, 0) is 92.6 Å². The van der Waals surface area contributed by atoms with Gasteiger partial charge in [-0.3, -0.25) is 47.9 Å². The van der Waals surface area contributed by atoms with Crippen LogP contribution in [0.2, 0.25) is 5.02 Å². The lowest BCUT2D eigenvalue weighted by Gasteiger charge is -2.28. The van der Waals surface area contributed by atoms with Gasteiger partial charge < -0.3 is 84.4 Å². The number of hydrogen-bond acceptors (Lipinski definition) is 16. The van der Waals surface area contributed by atoms with Crippen molar-refractivity contribution >= 4 is 71.0 Å². The third-order valence-corrected chi connectivity index (χ3v) is 27.8. The average Bonchev–Trinajstić information content (AvgIpc) is 1.71. The minimum atomic E-state index is -4.43. The van der Waals surface area contributed by atoms with Gasteiger partial charge in [-0.1, -0.05) is 210 Å². The van der Waals surface area contributed by atoms with E-state index in [-0.39, 0.29) is 130 Å². The van der Waals surface area contributed by atoms with Crippen LogP contribution in [0.25, 0.3) is 0 Å². The monoisotopic (exact) mass is 1770 g/mol. The lowest BCUT2D eigenvalue weighted by molar-refractivity contribution is -0.146. The molecular formula is C95H141ClF3N11O15. The molecule has 4 unspecified atom stereocenters. The molecule has 125 heavy (non-hydrogen) atoms. The molecule has 26 nitrogen and oxygen atoms in total. The van der Waals surface area contributed by atoms with E-state index in [4.69, 9.17) is 46.0 Å². The van der Waals surface area contributed by atoms with Gasteiger partial charge in [0.1, 0.15) is 27.7 Å². The summed E-state index contributed by atoms with van der Waals surface area (Å²) in [4.78, 5) is 131. The third-order valence-electron chi connectivity index (χ3n) is 27.6. The van der Waals surface area contributed by atoms with E-state index < -0.39 is 81.2 Å². The van der Waals surface area contributed by atoms with Crippen molar-refractivity contribution in [3.05, 3.63) is 141 Å².